The molecule has 3 unspecified atom stereocenters. The first-order chi connectivity index (χ1) is 14.5. The highest BCUT2D eigenvalue weighted by Crippen LogP contribution is 2.55. The predicted molar refractivity (Wildman–Crippen MR) is 122 cm³/mol. The normalized spacial score (nSPS) is 19.2. The fraction of sp³-hybridized carbons (Fsp3) is 0.407. The molecular formula is C27H31NO2. The number of aromatic nitrogens is 1. The van der Waals surface area contributed by atoms with Crippen molar-refractivity contribution in [3.63, 3.8) is 0 Å². The number of pyridine rings is 1. The molecule has 0 spiro atoms. The molecule has 0 fully saturated rings. The molecule has 3 atom stereocenters. The third-order valence-electron chi connectivity index (χ3n) is 6.67. The van der Waals surface area contributed by atoms with Gasteiger partial charge in [-0.3, -0.25) is 4.79 Å². The van der Waals surface area contributed by atoms with Crippen LogP contribution in [0.2, 0.25) is 0 Å². The quantitative estimate of drug-likeness (QED) is 0.423. The van der Waals surface area contributed by atoms with Crippen molar-refractivity contribution in [2.75, 3.05) is 6.61 Å². The first-order valence-electron chi connectivity index (χ1n) is 11.2. The molecule has 2 aromatic carbocycles. The predicted octanol–water partition coefficient (Wildman–Crippen LogP) is 6.53. The molecule has 0 saturated carbocycles. The number of ether oxygens (including phenoxy) is 1. The Hall–Kier alpha value is -2.68. The van der Waals surface area contributed by atoms with Crippen LogP contribution in [0, 0.1) is 11.8 Å². The maximum absolute atomic E-state index is 12.6. The summed E-state index contributed by atoms with van der Waals surface area (Å²) in [7, 11) is 0. The Morgan fingerprint density at radius 3 is 2.50 bits per heavy atom. The summed E-state index contributed by atoms with van der Waals surface area (Å²) in [6.45, 7) is 8.85. The minimum atomic E-state index is -0.232. The van der Waals surface area contributed by atoms with Gasteiger partial charge in [0.2, 0.25) is 0 Å². The number of carbonyl (C=O) groups is 1. The van der Waals surface area contributed by atoms with Crippen LogP contribution in [0.4, 0.5) is 0 Å². The molecule has 1 heterocycles. The topological polar surface area (TPSA) is 39.2 Å². The van der Waals surface area contributed by atoms with E-state index in [0.29, 0.717) is 12.5 Å². The molecule has 3 heteroatoms. The summed E-state index contributed by atoms with van der Waals surface area (Å²) in [4.78, 5) is 17.7. The maximum Gasteiger partial charge on any atom is 0.308 e. The Morgan fingerprint density at radius 1 is 1.00 bits per heavy atom. The van der Waals surface area contributed by atoms with Crippen LogP contribution in [0.15, 0.2) is 54.6 Å². The van der Waals surface area contributed by atoms with E-state index in [0.717, 1.165) is 35.9 Å². The van der Waals surface area contributed by atoms with Crippen molar-refractivity contribution in [3.8, 4) is 11.3 Å². The lowest BCUT2D eigenvalue weighted by Gasteiger charge is -2.36. The van der Waals surface area contributed by atoms with Gasteiger partial charge in [0, 0.05) is 16.4 Å². The first-order valence-corrected chi connectivity index (χ1v) is 11.2. The standard InChI is InChI=1S/C27H31NO2/c1-5-18(3)16-27(17-19(4)26(29)30-6-2)22-13-9-8-12-21(22)25-23(27)15-20-11-7-10-14-24(20)28-25/h7-15,18-19H,5-6,16-17H2,1-4H3. The van der Waals surface area contributed by atoms with E-state index in [2.05, 4.69) is 62.4 Å². The summed E-state index contributed by atoms with van der Waals surface area (Å²) in [6.07, 6.45) is 2.84. The van der Waals surface area contributed by atoms with Gasteiger partial charge in [-0.25, -0.2) is 4.98 Å². The highest BCUT2D eigenvalue weighted by atomic mass is 16.5. The van der Waals surface area contributed by atoms with E-state index in [1.165, 1.54) is 16.7 Å². The number of hydrogen-bond acceptors (Lipinski definition) is 3. The average Bonchev–Trinajstić information content (AvgIpc) is 3.01. The molecule has 1 aromatic heterocycles. The second kappa shape index (κ2) is 8.22. The van der Waals surface area contributed by atoms with Crippen LogP contribution >= 0.6 is 0 Å². The fourth-order valence-electron chi connectivity index (χ4n) is 5.09. The summed E-state index contributed by atoms with van der Waals surface area (Å²) in [5.41, 5.74) is 5.63. The van der Waals surface area contributed by atoms with Crippen LogP contribution in [-0.4, -0.2) is 17.6 Å². The molecule has 156 valence electrons. The van der Waals surface area contributed by atoms with Gasteiger partial charge < -0.3 is 4.74 Å². The third-order valence-corrected chi connectivity index (χ3v) is 6.67. The largest absolute Gasteiger partial charge is 0.466 e. The van der Waals surface area contributed by atoms with E-state index < -0.39 is 0 Å². The van der Waals surface area contributed by atoms with Gasteiger partial charge in [-0.05, 0) is 48.9 Å². The van der Waals surface area contributed by atoms with Crippen molar-refractivity contribution >= 4 is 16.9 Å². The van der Waals surface area contributed by atoms with E-state index >= 15 is 0 Å². The minimum Gasteiger partial charge on any atom is -0.466 e. The Balaban J connectivity index is 1.94. The van der Waals surface area contributed by atoms with Gasteiger partial charge in [-0.1, -0.05) is 69.7 Å². The van der Waals surface area contributed by atoms with Crippen molar-refractivity contribution in [2.45, 2.75) is 52.4 Å². The number of rotatable bonds is 7. The summed E-state index contributed by atoms with van der Waals surface area (Å²) < 4.78 is 5.38. The van der Waals surface area contributed by atoms with Gasteiger partial charge >= 0.3 is 5.97 Å². The third kappa shape index (κ3) is 3.40. The smallest absolute Gasteiger partial charge is 0.308 e. The Labute approximate surface area is 179 Å². The van der Waals surface area contributed by atoms with E-state index in [-0.39, 0.29) is 17.3 Å². The van der Waals surface area contributed by atoms with Gasteiger partial charge in [0.1, 0.15) is 0 Å². The molecular weight excluding hydrogens is 370 g/mol. The number of benzene rings is 2. The number of fused-ring (bicyclic) bond motifs is 4. The monoisotopic (exact) mass is 401 g/mol. The summed E-state index contributed by atoms with van der Waals surface area (Å²) in [6, 6.07) is 19.3. The molecule has 0 amide bonds. The maximum atomic E-state index is 12.6. The SMILES string of the molecule is CCOC(=O)C(C)CC1(CC(C)CC)c2ccccc2-c2nc3ccccc3cc21. The van der Waals surface area contributed by atoms with Crippen LogP contribution in [-0.2, 0) is 14.9 Å². The molecule has 0 aliphatic heterocycles. The lowest BCUT2D eigenvalue weighted by Crippen LogP contribution is -2.33. The zero-order valence-electron chi connectivity index (χ0n) is 18.4. The lowest BCUT2D eigenvalue weighted by molar-refractivity contribution is -0.148. The number of esters is 1. The highest BCUT2D eigenvalue weighted by molar-refractivity contribution is 5.88. The number of carbonyl (C=O) groups excluding carboxylic acids is 1. The van der Waals surface area contributed by atoms with E-state index in [9.17, 15) is 4.79 Å². The van der Waals surface area contributed by atoms with E-state index in [1.807, 2.05) is 19.9 Å². The van der Waals surface area contributed by atoms with Gasteiger partial charge in [0.15, 0.2) is 0 Å². The second-order valence-corrected chi connectivity index (χ2v) is 8.78. The Kier molecular flexibility index (Phi) is 5.64. The molecule has 3 aromatic rings. The van der Waals surface area contributed by atoms with Gasteiger partial charge in [0.25, 0.3) is 0 Å². The van der Waals surface area contributed by atoms with Gasteiger partial charge in [0.05, 0.1) is 23.7 Å². The molecule has 0 saturated heterocycles. The van der Waals surface area contributed by atoms with Crippen molar-refractivity contribution < 1.29 is 9.53 Å². The zero-order chi connectivity index (χ0) is 21.3. The molecule has 0 radical (unpaired) electrons. The molecule has 3 nitrogen and oxygen atoms in total. The van der Waals surface area contributed by atoms with Gasteiger partial charge in [-0.2, -0.15) is 0 Å². The van der Waals surface area contributed by atoms with Crippen LogP contribution in [0.3, 0.4) is 0 Å². The molecule has 1 aliphatic rings. The second-order valence-electron chi connectivity index (χ2n) is 8.78. The molecule has 1 aliphatic carbocycles. The summed E-state index contributed by atoms with van der Waals surface area (Å²) in [5.74, 6) is 0.241. The van der Waals surface area contributed by atoms with E-state index in [1.54, 1.807) is 0 Å². The molecule has 4 rings (SSSR count). The van der Waals surface area contributed by atoms with E-state index in [4.69, 9.17) is 9.72 Å². The Morgan fingerprint density at radius 2 is 1.73 bits per heavy atom. The van der Waals surface area contributed by atoms with Gasteiger partial charge in [-0.15, -0.1) is 0 Å². The van der Waals surface area contributed by atoms with Crippen molar-refractivity contribution in [1.82, 2.24) is 4.98 Å². The van der Waals surface area contributed by atoms with Crippen molar-refractivity contribution in [1.29, 1.82) is 0 Å². The molecule has 30 heavy (non-hydrogen) atoms. The zero-order valence-corrected chi connectivity index (χ0v) is 18.4. The molecule has 0 N–H and O–H groups in total. The molecule has 0 bridgehead atoms. The van der Waals surface area contributed by atoms with Crippen LogP contribution < -0.4 is 0 Å². The first kappa shape index (κ1) is 20.6. The number of nitrogens with zero attached hydrogens (tertiary/aromatic N) is 1. The van der Waals surface area contributed by atoms with Crippen molar-refractivity contribution in [3.05, 3.63) is 65.7 Å². The van der Waals surface area contributed by atoms with Crippen molar-refractivity contribution in [2.24, 2.45) is 11.8 Å². The van der Waals surface area contributed by atoms with Crippen LogP contribution in [0.25, 0.3) is 22.2 Å². The fourth-order valence-corrected chi connectivity index (χ4v) is 5.09. The highest BCUT2D eigenvalue weighted by Gasteiger charge is 2.46. The minimum absolute atomic E-state index is 0.110. The van der Waals surface area contributed by atoms with Crippen LogP contribution in [0.1, 0.15) is 58.1 Å². The summed E-state index contributed by atoms with van der Waals surface area (Å²) in [5, 5.41) is 1.15. The summed E-state index contributed by atoms with van der Waals surface area (Å²) >= 11 is 0. The Bertz CT molecular complexity index is 1070. The average molecular weight is 402 g/mol. The van der Waals surface area contributed by atoms with Crippen LogP contribution in [0.5, 0.6) is 0 Å². The lowest BCUT2D eigenvalue weighted by atomic mass is 9.67. The number of hydrogen-bond donors (Lipinski definition) is 0. The number of para-hydroxylation sites is 1.